The van der Waals surface area contributed by atoms with E-state index in [0.29, 0.717) is 0 Å². The fourth-order valence-electron chi connectivity index (χ4n) is 1.86. The number of ether oxygens (including phenoxy) is 1. The second-order valence-electron chi connectivity index (χ2n) is 3.35. The molecule has 0 amide bonds. The van der Waals surface area contributed by atoms with Crippen molar-refractivity contribution in [2.24, 2.45) is 0 Å². The first-order chi connectivity index (χ1) is 5.47. The van der Waals surface area contributed by atoms with Gasteiger partial charge in [0, 0.05) is 19.1 Å². The van der Waals surface area contributed by atoms with Gasteiger partial charge in [0.15, 0.2) is 0 Å². The highest BCUT2D eigenvalue weighted by molar-refractivity contribution is 4.78. The number of rotatable bonds is 1. The first kappa shape index (κ1) is 7.53. The third kappa shape index (κ3) is 1.72. The van der Waals surface area contributed by atoms with E-state index in [1.54, 1.807) is 0 Å². The molecule has 2 fully saturated rings. The minimum Gasteiger partial charge on any atom is -0.365 e. The van der Waals surface area contributed by atoms with Crippen molar-refractivity contribution >= 4 is 0 Å². The number of nitrogens with one attached hydrogen (secondary N) is 1. The summed E-state index contributed by atoms with van der Waals surface area (Å²) in [6.07, 6.45) is 2.66. The molecule has 2 heterocycles. The highest BCUT2D eigenvalue weighted by Crippen LogP contribution is 2.12. The van der Waals surface area contributed by atoms with Crippen LogP contribution in [0.25, 0.3) is 0 Å². The number of hydrogen-bond acceptors (Lipinski definition) is 3. The highest BCUT2D eigenvalue weighted by atomic mass is 16.5. The van der Waals surface area contributed by atoms with Crippen molar-refractivity contribution in [3.63, 3.8) is 0 Å². The lowest BCUT2D eigenvalue weighted by atomic mass is 10.1. The topological polar surface area (TPSA) is 24.5 Å². The molecule has 1 atom stereocenters. The van der Waals surface area contributed by atoms with Crippen LogP contribution in [0.5, 0.6) is 0 Å². The van der Waals surface area contributed by atoms with Gasteiger partial charge in [-0.25, -0.2) is 0 Å². The Balaban J connectivity index is 1.82. The molecule has 0 aromatic rings. The van der Waals surface area contributed by atoms with Gasteiger partial charge in [0.25, 0.3) is 0 Å². The molecule has 0 saturated carbocycles. The second kappa shape index (κ2) is 3.52. The Labute approximate surface area is 67.7 Å². The summed E-state index contributed by atoms with van der Waals surface area (Å²) in [6.45, 7) is 5.27. The van der Waals surface area contributed by atoms with Gasteiger partial charge in [-0.05, 0) is 19.4 Å². The monoisotopic (exact) mass is 156 g/mol. The van der Waals surface area contributed by atoms with Crippen molar-refractivity contribution in [1.82, 2.24) is 10.2 Å². The Morgan fingerprint density at radius 1 is 1.45 bits per heavy atom. The van der Waals surface area contributed by atoms with Gasteiger partial charge in [-0.1, -0.05) is 0 Å². The molecule has 2 rings (SSSR count). The van der Waals surface area contributed by atoms with E-state index in [-0.39, 0.29) is 0 Å². The SMILES string of the molecule is C1CNC[C@@H](N2CCOC2)C1. The summed E-state index contributed by atoms with van der Waals surface area (Å²) in [6, 6.07) is 0.742. The van der Waals surface area contributed by atoms with Crippen molar-refractivity contribution in [2.75, 3.05) is 33.0 Å². The quantitative estimate of drug-likeness (QED) is 0.579. The number of hydrogen-bond donors (Lipinski definition) is 1. The average molecular weight is 156 g/mol. The van der Waals surface area contributed by atoms with E-state index in [1.807, 2.05) is 0 Å². The fourth-order valence-corrected chi connectivity index (χ4v) is 1.86. The van der Waals surface area contributed by atoms with Crippen molar-refractivity contribution in [3.8, 4) is 0 Å². The lowest BCUT2D eigenvalue weighted by Crippen LogP contribution is -2.44. The van der Waals surface area contributed by atoms with Crippen molar-refractivity contribution < 1.29 is 4.74 Å². The summed E-state index contributed by atoms with van der Waals surface area (Å²) in [5.74, 6) is 0. The molecule has 0 bridgehead atoms. The molecule has 3 heteroatoms. The molecule has 0 radical (unpaired) electrons. The Morgan fingerprint density at radius 3 is 3.09 bits per heavy atom. The Morgan fingerprint density at radius 2 is 2.45 bits per heavy atom. The molecule has 0 unspecified atom stereocenters. The van der Waals surface area contributed by atoms with E-state index in [9.17, 15) is 0 Å². The van der Waals surface area contributed by atoms with E-state index in [1.165, 1.54) is 19.4 Å². The molecule has 3 nitrogen and oxygen atoms in total. The molecule has 64 valence electrons. The maximum absolute atomic E-state index is 5.31. The first-order valence-electron chi connectivity index (χ1n) is 4.49. The molecular formula is C8H16N2O. The molecule has 0 aromatic heterocycles. The highest BCUT2D eigenvalue weighted by Gasteiger charge is 2.23. The normalized spacial score (nSPS) is 34.4. The lowest BCUT2D eigenvalue weighted by Gasteiger charge is -2.29. The summed E-state index contributed by atoms with van der Waals surface area (Å²) < 4.78 is 5.31. The van der Waals surface area contributed by atoms with Crippen molar-refractivity contribution in [3.05, 3.63) is 0 Å². The molecule has 2 aliphatic rings. The van der Waals surface area contributed by atoms with Crippen LogP contribution in [0.1, 0.15) is 12.8 Å². The van der Waals surface area contributed by atoms with Crippen LogP contribution in [0.2, 0.25) is 0 Å². The maximum atomic E-state index is 5.31. The van der Waals surface area contributed by atoms with Crippen LogP contribution in [-0.2, 0) is 4.74 Å². The molecule has 2 saturated heterocycles. The second-order valence-corrected chi connectivity index (χ2v) is 3.35. The van der Waals surface area contributed by atoms with Gasteiger partial charge in [0.1, 0.15) is 0 Å². The van der Waals surface area contributed by atoms with Crippen molar-refractivity contribution in [2.45, 2.75) is 18.9 Å². The molecular weight excluding hydrogens is 140 g/mol. The minimum absolute atomic E-state index is 0.742. The van der Waals surface area contributed by atoms with E-state index in [2.05, 4.69) is 10.2 Å². The molecule has 2 aliphatic heterocycles. The zero-order valence-electron chi connectivity index (χ0n) is 6.88. The maximum Gasteiger partial charge on any atom is 0.0994 e. The molecule has 11 heavy (non-hydrogen) atoms. The van der Waals surface area contributed by atoms with Crippen LogP contribution in [0.3, 0.4) is 0 Å². The largest absolute Gasteiger partial charge is 0.365 e. The van der Waals surface area contributed by atoms with E-state index in [0.717, 1.165) is 32.5 Å². The smallest absolute Gasteiger partial charge is 0.0994 e. The summed E-state index contributed by atoms with van der Waals surface area (Å²) in [5, 5.41) is 3.41. The summed E-state index contributed by atoms with van der Waals surface area (Å²) in [5.41, 5.74) is 0. The summed E-state index contributed by atoms with van der Waals surface area (Å²) in [4.78, 5) is 2.44. The van der Waals surface area contributed by atoms with Gasteiger partial charge in [0.05, 0.1) is 13.3 Å². The zero-order chi connectivity index (χ0) is 7.52. The van der Waals surface area contributed by atoms with E-state index >= 15 is 0 Å². The van der Waals surface area contributed by atoms with Crippen LogP contribution in [0.15, 0.2) is 0 Å². The van der Waals surface area contributed by atoms with Gasteiger partial charge in [-0.3, -0.25) is 4.90 Å². The number of nitrogens with zero attached hydrogens (tertiary/aromatic N) is 1. The van der Waals surface area contributed by atoms with Crippen LogP contribution >= 0.6 is 0 Å². The first-order valence-corrected chi connectivity index (χ1v) is 4.49. The van der Waals surface area contributed by atoms with E-state index < -0.39 is 0 Å². The standard InChI is InChI=1S/C8H16N2O/c1-2-8(6-9-3-1)10-4-5-11-7-10/h8-9H,1-7H2/t8-/m0/s1. The molecule has 0 aliphatic carbocycles. The van der Waals surface area contributed by atoms with Gasteiger partial charge in [-0.15, -0.1) is 0 Å². The molecule has 1 N–H and O–H groups in total. The Bertz CT molecular complexity index is 117. The zero-order valence-corrected chi connectivity index (χ0v) is 6.88. The van der Waals surface area contributed by atoms with Crippen LogP contribution in [0.4, 0.5) is 0 Å². The predicted octanol–water partition coefficient (Wildman–Crippen LogP) is 0.0281. The van der Waals surface area contributed by atoms with Crippen LogP contribution in [0, 0.1) is 0 Å². The summed E-state index contributed by atoms with van der Waals surface area (Å²) in [7, 11) is 0. The van der Waals surface area contributed by atoms with E-state index in [4.69, 9.17) is 4.74 Å². The average Bonchev–Trinajstić information content (AvgIpc) is 2.58. The van der Waals surface area contributed by atoms with Gasteiger partial charge in [0.2, 0.25) is 0 Å². The fraction of sp³-hybridized carbons (Fsp3) is 1.00. The third-order valence-electron chi connectivity index (χ3n) is 2.57. The Hall–Kier alpha value is -0.120. The van der Waals surface area contributed by atoms with Gasteiger partial charge < -0.3 is 10.1 Å². The Kier molecular flexibility index (Phi) is 2.41. The minimum atomic E-state index is 0.742. The van der Waals surface area contributed by atoms with Crippen LogP contribution in [-0.4, -0.2) is 43.9 Å². The van der Waals surface area contributed by atoms with Crippen LogP contribution < -0.4 is 5.32 Å². The summed E-state index contributed by atoms with van der Waals surface area (Å²) >= 11 is 0. The molecule has 0 aromatic carbocycles. The van der Waals surface area contributed by atoms with Gasteiger partial charge >= 0.3 is 0 Å². The van der Waals surface area contributed by atoms with Crippen molar-refractivity contribution in [1.29, 1.82) is 0 Å². The lowest BCUT2D eigenvalue weighted by molar-refractivity contribution is 0.104. The number of piperidine rings is 1. The third-order valence-corrected chi connectivity index (χ3v) is 2.57. The van der Waals surface area contributed by atoms with Gasteiger partial charge in [-0.2, -0.15) is 0 Å². The molecule has 0 spiro atoms. The predicted molar refractivity (Wildman–Crippen MR) is 43.4 cm³/mol.